The minimum absolute atomic E-state index is 0.0523. The van der Waals surface area contributed by atoms with Crippen molar-refractivity contribution in [2.75, 3.05) is 52.7 Å². The standard InChI is InChI=1S/C39H76NO8P.C39H74NO8P/c2*1-3-5-7-9-11-13-15-17-18-20-22-24-26-28-30-32-39(42)48-37(36-47-49(43,44)46-34-33-40)35-45-38(41)31-29-27-25-23-21-19-16-14-12-10-8-6-4-2/h17-18,37H,3-16,19-36,40H2,1-2H3,(H,43,44);11,13,17-18,37H,3-10,12,14-16,19-36,40H2,1-2H3,(H,43,44)/b18-17-;13-11-,18-17-/t2*37-/m11/s1. The highest BCUT2D eigenvalue weighted by Gasteiger charge is 2.27. The lowest BCUT2D eigenvalue weighted by molar-refractivity contribution is -0.161. The van der Waals surface area contributed by atoms with Gasteiger partial charge in [0, 0.05) is 38.8 Å². The quantitative estimate of drug-likeness (QED) is 0.0145. The summed E-state index contributed by atoms with van der Waals surface area (Å²) in [7, 11) is -8.74. The number of carbonyl (C=O) groups excluding carboxylic acids is 4. The van der Waals surface area contributed by atoms with E-state index in [9.17, 15) is 38.1 Å². The summed E-state index contributed by atoms with van der Waals surface area (Å²) in [5.41, 5.74) is 10.7. The molecule has 2 unspecified atom stereocenters. The van der Waals surface area contributed by atoms with E-state index >= 15 is 0 Å². The first kappa shape index (κ1) is 97.3. The van der Waals surface area contributed by atoms with Crippen molar-refractivity contribution in [1.82, 2.24) is 0 Å². The number of carbonyl (C=O) groups is 4. The Morgan fingerprint density at radius 2 is 0.531 bits per heavy atom. The molecule has 0 heterocycles. The van der Waals surface area contributed by atoms with Crippen LogP contribution in [0.5, 0.6) is 0 Å². The number of allylic oxidation sites excluding steroid dienone is 6. The molecule has 0 aliphatic carbocycles. The van der Waals surface area contributed by atoms with E-state index in [1.54, 1.807) is 0 Å². The van der Waals surface area contributed by atoms with Crippen LogP contribution in [0.4, 0.5) is 0 Å². The zero-order valence-corrected chi connectivity index (χ0v) is 64.9. The maximum atomic E-state index is 12.5. The van der Waals surface area contributed by atoms with Gasteiger partial charge < -0.3 is 40.2 Å². The summed E-state index contributed by atoms with van der Waals surface area (Å²) >= 11 is 0. The third-order valence-corrected chi connectivity index (χ3v) is 19.0. The lowest BCUT2D eigenvalue weighted by Crippen LogP contribution is -2.29. The lowest BCUT2D eigenvalue weighted by Gasteiger charge is -2.19. The van der Waals surface area contributed by atoms with Gasteiger partial charge in [-0.1, -0.05) is 302 Å². The predicted molar refractivity (Wildman–Crippen MR) is 403 cm³/mol. The van der Waals surface area contributed by atoms with Crippen LogP contribution in [0.3, 0.4) is 0 Å². The summed E-state index contributed by atoms with van der Waals surface area (Å²) in [5, 5.41) is 0. The minimum atomic E-state index is -4.37. The zero-order valence-electron chi connectivity index (χ0n) is 63.1. The Morgan fingerprint density at radius 1 is 0.306 bits per heavy atom. The highest BCUT2D eigenvalue weighted by atomic mass is 31.2. The first-order chi connectivity index (χ1) is 47.7. The second kappa shape index (κ2) is 76.9. The number of hydrogen-bond acceptors (Lipinski definition) is 16. The maximum absolute atomic E-state index is 12.5. The van der Waals surface area contributed by atoms with Gasteiger partial charge in [-0.2, -0.15) is 0 Å². The highest BCUT2D eigenvalue weighted by molar-refractivity contribution is 7.47. The number of rotatable bonds is 75. The number of nitrogens with two attached hydrogens (primary N) is 2. The minimum Gasteiger partial charge on any atom is -0.462 e. The van der Waals surface area contributed by atoms with E-state index in [0.717, 1.165) is 109 Å². The number of hydrogen-bond donors (Lipinski definition) is 4. The van der Waals surface area contributed by atoms with E-state index in [4.69, 9.17) is 48.5 Å². The molecule has 0 spiro atoms. The second-order valence-electron chi connectivity index (χ2n) is 26.7. The largest absolute Gasteiger partial charge is 0.472 e. The van der Waals surface area contributed by atoms with Gasteiger partial charge in [0.1, 0.15) is 13.2 Å². The first-order valence-electron chi connectivity index (χ1n) is 40.0. The molecule has 0 aromatic carbocycles. The molecule has 578 valence electrons. The zero-order chi connectivity index (χ0) is 72.2. The van der Waals surface area contributed by atoms with Crippen LogP contribution in [0.25, 0.3) is 0 Å². The molecule has 0 aromatic rings. The van der Waals surface area contributed by atoms with Crippen molar-refractivity contribution >= 4 is 39.5 Å². The van der Waals surface area contributed by atoms with Gasteiger partial charge in [0.25, 0.3) is 0 Å². The summed E-state index contributed by atoms with van der Waals surface area (Å²) in [6.07, 6.45) is 71.5. The van der Waals surface area contributed by atoms with Gasteiger partial charge in [0.2, 0.25) is 0 Å². The van der Waals surface area contributed by atoms with Gasteiger partial charge in [0.05, 0.1) is 26.4 Å². The third kappa shape index (κ3) is 77.4. The highest BCUT2D eigenvalue weighted by Crippen LogP contribution is 2.44. The molecular weight excluding hydrogens is 1280 g/mol. The van der Waals surface area contributed by atoms with Crippen LogP contribution in [0.1, 0.15) is 374 Å². The van der Waals surface area contributed by atoms with Gasteiger partial charge in [-0.15, -0.1) is 0 Å². The van der Waals surface area contributed by atoms with Crippen LogP contribution in [-0.4, -0.2) is 98.6 Å². The normalized spacial score (nSPS) is 13.6. The van der Waals surface area contributed by atoms with Crippen LogP contribution in [0.2, 0.25) is 0 Å². The SMILES string of the molecule is CCCCC/C=C\C/C=C\CCCCCCCC(=O)O[C@H](COC(=O)CCCCCCCCCCCCCCC)COP(=O)(O)OCCN.CCCCCCCC/C=C\CCCCCCCC(=O)O[C@H](COC(=O)CCCCCCCCCCCCCCC)COP(=O)(O)OCCN. The van der Waals surface area contributed by atoms with Gasteiger partial charge in [-0.3, -0.25) is 37.3 Å². The maximum Gasteiger partial charge on any atom is 0.472 e. The first-order valence-corrected chi connectivity index (χ1v) is 43.0. The van der Waals surface area contributed by atoms with E-state index in [-0.39, 0.29) is 77.1 Å². The number of unbranched alkanes of at least 4 members (excludes halogenated alkanes) is 43. The van der Waals surface area contributed by atoms with Gasteiger partial charge in [-0.05, 0) is 83.5 Å². The van der Waals surface area contributed by atoms with E-state index in [1.165, 1.54) is 199 Å². The van der Waals surface area contributed by atoms with Crippen molar-refractivity contribution in [3.63, 3.8) is 0 Å². The van der Waals surface area contributed by atoms with Crippen LogP contribution >= 0.6 is 15.6 Å². The third-order valence-electron chi connectivity index (χ3n) is 17.0. The average molecular weight is 1430 g/mol. The molecule has 0 aliphatic rings. The molecule has 0 amide bonds. The summed E-state index contributed by atoms with van der Waals surface area (Å²) < 4.78 is 65.3. The summed E-state index contributed by atoms with van der Waals surface area (Å²) in [4.78, 5) is 69.5. The van der Waals surface area contributed by atoms with Crippen LogP contribution in [0.15, 0.2) is 36.5 Å². The molecule has 98 heavy (non-hydrogen) atoms. The van der Waals surface area contributed by atoms with E-state index in [0.29, 0.717) is 12.8 Å². The molecule has 0 saturated carbocycles. The molecule has 0 rings (SSSR count). The van der Waals surface area contributed by atoms with Crippen LogP contribution < -0.4 is 11.5 Å². The molecule has 6 N–H and O–H groups in total. The van der Waals surface area contributed by atoms with Crippen LogP contribution in [-0.2, 0) is 65.4 Å². The fraction of sp³-hybridized carbons (Fsp3) is 0.872. The number of phosphoric acid groups is 2. The van der Waals surface area contributed by atoms with Gasteiger partial charge in [-0.25, -0.2) is 9.13 Å². The molecule has 0 aliphatic heterocycles. The number of esters is 4. The van der Waals surface area contributed by atoms with Crippen molar-refractivity contribution in [2.45, 2.75) is 387 Å². The fourth-order valence-corrected chi connectivity index (χ4v) is 12.5. The Labute approximate surface area is 599 Å². The number of phosphoric ester groups is 2. The lowest BCUT2D eigenvalue weighted by atomic mass is 10.0. The number of ether oxygens (including phenoxy) is 4. The van der Waals surface area contributed by atoms with Crippen molar-refractivity contribution in [2.24, 2.45) is 11.5 Å². The van der Waals surface area contributed by atoms with Gasteiger partial charge in [0.15, 0.2) is 12.2 Å². The smallest absolute Gasteiger partial charge is 0.462 e. The Hall–Kier alpha value is -2.76. The summed E-state index contributed by atoms with van der Waals surface area (Å²) in [6.45, 7) is 7.41. The Kier molecular flexibility index (Phi) is 76.3. The predicted octanol–water partition coefficient (Wildman–Crippen LogP) is 21.9. The molecular formula is C78H150N2O16P2. The Balaban J connectivity index is 0. The van der Waals surface area contributed by atoms with E-state index in [2.05, 4.69) is 64.2 Å². The van der Waals surface area contributed by atoms with E-state index < -0.39 is 53.0 Å². The van der Waals surface area contributed by atoms with E-state index in [1.807, 2.05) is 0 Å². The van der Waals surface area contributed by atoms with Crippen molar-refractivity contribution in [1.29, 1.82) is 0 Å². The molecule has 0 radical (unpaired) electrons. The van der Waals surface area contributed by atoms with Gasteiger partial charge >= 0.3 is 39.5 Å². The molecule has 4 atom stereocenters. The van der Waals surface area contributed by atoms with Crippen molar-refractivity contribution in [3.05, 3.63) is 36.5 Å². The topological polar surface area (TPSA) is 269 Å². The average Bonchev–Trinajstić information content (AvgIpc) is 1.08. The Bertz CT molecular complexity index is 1960. The van der Waals surface area contributed by atoms with Crippen molar-refractivity contribution < 1.29 is 75.1 Å². The molecule has 0 bridgehead atoms. The molecule has 20 heteroatoms. The monoisotopic (exact) mass is 1430 g/mol. The molecule has 18 nitrogen and oxygen atoms in total. The Morgan fingerprint density at radius 3 is 0.806 bits per heavy atom. The summed E-state index contributed by atoms with van der Waals surface area (Å²) in [5.74, 6) is -1.67. The molecule has 0 aromatic heterocycles. The fourth-order valence-electron chi connectivity index (χ4n) is 11.0. The molecule has 0 fully saturated rings. The summed E-state index contributed by atoms with van der Waals surface area (Å²) in [6, 6.07) is 0. The second-order valence-corrected chi connectivity index (χ2v) is 29.6. The molecule has 0 saturated heterocycles. The van der Waals surface area contributed by atoms with Crippen molar-refractivity contribution in [3.8, 4) is 0 Å². The van der Waals surface area contributed by atoms with Crippen LogP contribution in [0, 0.1) is 0 Å².